The molecule has 0 bridgehead atoms. The first kappa shape index (κ1) is 22.7. The number of aldehydes is 1. The Bertz CT molecular complexity index is 1240. The first-order chi connectivity index (χ1) is 14.8. The second-order valence-corrected chi connectivity index (χ2v) is 8.00. The van der Waals surface area contributed by atoms with Crippen LogP contribution in [0.5, 0.6) is 0 Å². The normalized spacial score (nSPS) is 13.3. The Morgan fingerprint density at radius 1 is 1.29 bits per heavy atom. The van der Waals surface area contributed by atoms with Gasteiger partial charge in [0.15, 0.2) is 5.49 Å². The molecule has 31 heavy (non-hydrogen) atoms. The van der Waals surface area contributed by atoms with Crippen molar-refractivity contribution < 1.29 is 4.79 Å². The van der Waals surface area contributed by atoms with Gasteiger partial charge < -0.3 is 9.88 Å². The van der Waals surface area contributed by atoms with Crippen LogP contribution in [-0.4, -0.2) is 40.2 Å². The zero-order chi connectivity index (χ0) is 22.5. The summed E-state index contributed by atoms with van der Waals surface area (Å²) in [6.07, 6.45) is 3.01. The number of likely N-dealkylation sites (N-methyl/N-ethyl adjacent to an activating group) is 1. The molecular formula is C23H26ClN5O2. The van der Waals surface area contributed by atoms with Crippen molar-refractivity contribution in [2.45, 2.75) is 32.7 Å². The standard InChI is InChI=1S/C13H14N4O2.C10H12ClN/c1-2-3-11(14)17-10-5-4-8(7-18)6-9(10)16-13(19)12(17)15;1-12-6-5-9-8(7-12)3-2-4-10(9)11/h4-7,14-15H,2-3H2,1H3,(H,16,19);2-4H,5-7H2,1H3. The number of carbonyl (C=O) groups is 1. The van der Waals surface area contributed by atoms with Gasteiger partial charge in [-0.15, -0.1) is 0 Å². The molecule has 4 rings (SSSR count). The molecule has 1 aromatic heterocycles. The van der Waals surface area contributed by atoms with Crippen LogP contribution >= 0.6 is 11.6 Å². The van der Waals surface area contributed by atoms with E-state index in [0.29, 0.717) is 29.3 Å². The molecule has 7 nitrogen and oxygen atoms in total. The van der Waals surface area contributed by atoms with E-state index in [1.54, 1.807) is 18.2 Å². The number of carbonyl (C=O) groups excluding carboxylic acids is 1. The second kappa shape index (κ2) is 9.85. The van der Waals surface area contributed by atoms with E-state index in [-0.39, 0.29) is 11.3 Å². The maximum Gasteiger partial charge on any atom is 0.291 e. The number of hydrogen-bond acceptors (Lipinski definition) is 5. The minimum Gasteiger partial charge on any atom is -0.317 e. The highest BCUT2D eigenvalue weighted by Gasteiger charge is 2.14. The van der Waals surface area contributed by atoms with Crippen LogP contribution in [0.15, 0.2) is 41.2 Å². The van der Waals surface area contributed by atoms with Crippen molar-refractivity contribution in [1.29, 1.82) is 10.8 Å². The Morgan fingerprint density at radius 3 is 2.77 bits per heavy atom. The number of nitrogens with zero attached hydrogens (tertiary/aromatic N) is 2. The van der Waals surface area contributed by atoms with Gasteiger partial charge >= 0.3 is 0 Å². The van der Waals surface area contributed by atoms with Gasteiger partial charge in [-0.3, -0.25) is 25.0 Å². The van der Waals surface area contributed by atoms with E-state index >= 15 is 0 Å². The van der Waals surface area contributed by atoms with Crippen LogP contribution in [0.4, 0.5) is 0 Å². The zero-order valence-corrected chi connectivity index (χ0v) is 18.4. The number of benzene rings is 2. The molecule has 0 saturated carbocycles. The Hall–Kier alpha value is -3.03. The summed E-state index contributed by atoms with van der Waals surface area (Å²) >= 11 is 6.07. The Morgan fingerprint density at radius 2 is 2.06 bits per heavy atom. The molecular weight excluding hydrogens is 414 g/mol. The molecule has 1 aliphatic heterocycles. The quantitative estimate of drug-likeness (QED) is 0.330. The Labute approximate surface area is 185 Å². The highest BCUT2D eigenvalue weighted by molar-refractivity contribution is 6.31. The molecule has 3 N–H and O–H groups in total. The zero-order valence-electron chi connectivity index (χ0n) is 17.7. The van der Waals surface area contributed by atoms with Gasteiger partial charge in [0.25, 0.3) is 5.56 Å². The average Bonchev–Trinajstić information content (AvgIpc) is 2.75. The van der Waals surface area contributed by atoms with Crippen molar-refractivity contribution in [3.63, 3.8) is 0 Å². The average molecular weight is 440 g/mol. The van der Waals surface area contributed by atoms with Crippen LogP contribution in [0.25, 0.3) is 11.0 Å². The number of aromatic nitrogens is 2. The van der Waals surface area contributed by atoms with Gasteiger partial charge in [0.1, 0.15) is 12.1 Å². The van der Waals surface area contributed by atoms with Gasteiger partial charge in [-0.2, -0.15) is 0 Å². The third-order valence-corrected chi connectivity index (χ3v) is 5.59. The fourth-order valence-corrected chi connectivity index (χ4v) is 3.95. The van der Waals surface area contributed by atoms with Crippen LogP contribution in [-0.2, 0) is 13.0 Å². The van der Waals surface area contributed by atoms with Gasteiger partial charge in [-0.1, -0.05) is 30.7 Å². The van der Waals surface area contributed by atoms with Gasteiger partial charge in [-0.05, 0) is 55.3 Å². The van der Waals surface area contributed by atoms with Gasteiger partial charge in [0.2, 0.25) is 0 Å². The molecule has 8 heteroatoms. The smallest absolute Gasteiger partial charge is 0.291 e. The molecule has 2 aromatic carbocycles. The summed E-state index contributed by atoms with van der Waals surface area (Å²) in [4.78, 5) is 27.3. The van der Waals surface area contributed by atoms with Gasteiger partial charge in [-0.25, -0.2) is 0 Å². The number of hydrogen-bond donors (Lipinski definition) is 3. The van der Waals surface area contributed by atoms with Crippen LogP contribution in [0.2, 0.25) is 5.02 Å². The maximum absolute atomic E-state index is 11.7. The second-order valence-electron chi connectivity index (χ2n) is 7.59. The SMILES string of the molecule is CCCC(=N)n1c(=N)c(=O)[nH]c2cc(C=O)ccc21.CN1CCc2c(Cl)cccc2C1. The fourth-order valence-electron chi connectivity index (χ4n) is 3.66. The molecule has 2 heterocycles. The number of nitrogens with one attached hydrogen (secondary N) is 3. The fraction of sp³-hybridized carbons (Fsp3) is 0.304. The van der Waals surface area contributed by atoms with Crippen LogP contribution < -0.4 is 11.0 Å². The molecule has 0 unspecified atom stereocenters. The molecule has 0 saturated heterocycles. The highest BCUT2D eigenvalue weighted by Crippen LogP contribution is 2.24. The molecule has 162 valence electrons. The van der Waals surface area contributed by atoms with E-state index in [9.17, 15) is 9.59 Å². The lowest BCUT2D eigenvalue weighted by molar-refractivity contribution is 0.112. The molecule has 0 spiro atoms. The summed E-state index contributed by atoms with van der Waals surface area (Å²) in [5.74, 6) is 0.197. The van der Waals surface area contributed by atoms with E-state index in [0.717, 1.165) is 31.0 Å². The summed E-state index contributed by atoms with van der Waals surface area (Å²) in [5.41, 5.74) is 3.32. The lowest BCUT2D eigenvalue weighted by Gasteiger charge is -2.25. The number of H-pyrrole nitrogens is 1. The largest absolute Gasteiger partial charge is 0.317 e. The van der Waals surface area contributed by atoms with Crippen molar-refractivity contribution in [3.05, 3.63) is 74.0 Å². The molecule has 1 aliphatic rings. The van der Waals surface area contributed by atoms with E-state index in [1.807, 2.05) is 19.1 Å². The van der Waals surface area contributed by atoms with Crippen molar-refractivity contribution in [2.24, 2.45) is 0 Å². The minimum atomic E-state index is -0.573. The van der Waals surface area contributed by atoms with E-state index in [2.05, 4.69) is 23.0 Å². The summed E-state index contributed by atoms with van der Waals surface area (Å²) in [6, 6.07) is 10.9. The summed E-state index contributed by atoms with van der Waals surface area (Å²) in [6.45, 7) is 4.09. The lowest BCUT2D eigenvalue weighted by Crippen LogP contribution is -2.39. The summed E-state index contributed by atoms with van der Waals surface area (Å²) in [7, 11) is 2.14. The number of aromatic amines is 1. The van der Waals surface area contributed by atoms with Crippen LogP contribution in [0.1, 0.15) is 41.3 Å². The molecule has 3 aromatic rings. The van der Waals surface area contributed by atoms with Gasteiger partial charge in [0.05, 0.1) is 11.0 Å². The molecule has 0 atom stereocenters. The predicted molar refractivity (Wildman–Crippen MR) is 123 cm³/mol. The lowest BCUT2D eigenvalue weighted by atomic mass is 10.0. The van der Waals surface area contributed by atoms with Crippen LogP contribution in [0, 0.1) is 10.8 Å². The van der Waals surface area contributed by atoms with E-state index < -0.39 is 5.56 Å². The Kier molecular flexibility index (Phi) is 7.20. The predicted octanol–water partition coefficient (Wildman–Crippen LogP) is 3.57. The minimum absolute atomic E-state index is 0.197. The molecule has 0 amide bonds. The topological polar surface area (TPSA) is 106 Å². The molecule has 0 aliphatic carbocycles. The first-order valence-corrected chi connectivity index (χ1v) is 10.5. The third-order valence-electron chi connectivity index (χ3n) is 5.24. The molecule has 0 fully saturated rings. The summed E-state index contributed by atoms with van der Waals surface area (Å²) < 4.78 is 1.31. The molecule has 0 radical (unpaired) electrons. The van der Waals surface area contributed by atoms with Crippen LogP contribution in [0.3, 0.4) is 0 Å². The van der Waals surface area contributed by atoms with Crippen molar-refractivity contribution >= 4 is 34.8 Å². The van der Waals surface area contributed by atoms with Crippen molar-refractivity contribution in [2.75, 3.05) is 13.6 Å². The number of fused-ring (bicyclic) bond motifs is 2. The summed E-state index contributed by atoms with van der Waals surface area (Å²) in [5, 5.41) is 16.7. The maximum atomic E-state index is 11.7. The van der Waals surface area contributed by atoms with E-state index in [1.165, 1.54) is 15.7 Å². The van der Waals surface area contributed by atoms with Crippen molar-refractivity contribution in [3.8, 4) is 0 Å². The Balaban J connectivity index is 0.000000194. The van der Waals surface area contributed by atoms with Crippen molar-refractivity contribution in [1.82, 2.24) is 14.5 Å². The number of rotatable bonds is 3. The number of halogens is 1. The van der Waals surface area contributed by atoms with E-state index in [4.69, 9.17) is 22.4 Å². The third kappa shape index (κ3) is 5.00. The highest BCUT2D eigenvalue weighted by atomic mass is 35.5. The van der Waals surface area contributed by atoms with Gasteiger partial charge in [0, 0.05) is 30.1 Å². The monoisotopic (exact) mass is 439 g/mol. The first-order valence-electron chi connectivity index (χ1n) is 10.2.